The summed E-state index contributed by atoms with van der Waals surface area (Å²) in [5.74, 6) is 1.62. The third-order valence-electron chi connectivity index (χ3n) is 3.69. The number of benzene rings is 2. The van der Waals surface area contributed by atoms with E-state index in [1.165, 1.54) is 0 Å². The summed E-state index contributed by atoms with van der Waals surface area (Å²) < 4.78 is 12.1. The Hall–Kier alpha value is -1.78. The van der Waals surface area contributed by atoms with Crippen LogP contribution in [0.1, 0.15) is 22.9 Å². The van der Waals surface area contributed by atoms with Gasteiger partial charge in [-0.25, -0.2) is 0 Å². The quantitative estimate of drug-likeness (QED) is 0.756. The molecule has 2 aromatic carbocycles. The van der Waals surface area contributed by atoms with Crippen LogP contribution in [0.3, 0.4) is 0 Å². The van der Waals surface area contributed by atoms with Crippen molar-refractivity contribution in [3.05, 3.63) is 63.8 Å². The molecule has 1 aromatic heterocycles. The number of hydrogen-bond acceptors (Lipinski definition) is 3. The molecule has 0 aliphatic carbocycles. The van der Waals surface area contributed by atoms with Gasteiger partial charge in [0.25, 0.3) is 0 Å². The van der Waals surface area contributed by atoms with Crippen LogP contribution in [-0.2, 0) is 0 Å². The van der Waals surface area contributed by atoms with Crippen LogP contribution in [-0.4, -0.2) is 7.11 Å². The number of fused-ring (bicyclic) bond motifs is 1. The number of rotatable bonds is 3. The Kier molecular flexibility index (Phi) is 3.74. The highest BCUT2D eigenvalue weighted by atomic mass is 79.9. The molecular formula is C17H16BrNO2. The van der Waals surface area contributed by atoms with Crippen LogP contribution in [0.5, 0.6) is 5.75 Å². The first kappa shape index (κ1) is 14.2. The third kappa shape index (κ3) is 2.57. The van der Waals surface area contributed by atoms with Gasteiger partial charge in [0, 0.05) is 15.4 Å². The van der Waals surface area contributed by atoms with Gasteiger partial charge in [0.2, 0.25) is 0 Å². The van der Waals surface area contributed by atoms with Crippen LogP contribution >= 0.6 is 15.9 Å². The van der Waals surface area contributed by atoms with Crippen molar-refractivity contribution in [3.8, 4) is 5.75 Å². The molecule has 2 N–H and O–H groups in total. The average Bonchev–Trinajstić information content (AvgIpc) is 2.83. The lowest BCUT2D eigenvalue weighted by atomic mass is 10.0. The summed E-state index contributed by atoms with van der Waals surface area (Å²) in [7, 11) is 1.65. The molecule has 1 unspecified atom stereocenters. The largest absolute Gasteiger partial charge is 0.497 e. The topological polar surface area (TPSA) is 48.4 Å². The van der Waals surface area contributed by atoms with Crippen molar-refractivity contribution >= 4 is 26.9 Å². The lowest BCUT2D eigenvalue weighted by molar-refractivity contribution is 0.414. The predicted octanol–water partition coefficient (Wildman–Crippen LogP) is 4.56. The maximum Gasteiger partial charge on any atom is 0.135 e. The Labute approximate surface area is 131 Å². The van der Waals surface area contributed by atoms with Crippen LogP contribution in [0.4, 0.5) is 0 Å². The first-order valence-electron chi connectivity index (χ1n) is 6.68. The van der Waals surface area contributed by atoms with E-state index in [2.05, 4.69) is 15.9 Å². The number of aryl methyl sites for hydroxylation is 1. The summed E-state index contributed by atoms with van der Waals surface area (Å²) in [5, 5.41) is 1.09. The molecule has 0 spiro atoms. The van der Waals surface area contributed by atoms with E-state index >= 15 is 0 Å². The number of nitrogens with two attached hydrogens (primary N) is 1. The zero-order valence-corrected chi connectivity index (χ0v) is 13.5. The summed E-state index contributed by atoms with van der Waals surface area (Å²) in [6, 6.07) is 13.5. The Balaban J connectivity index is 2.04. The van der Waals surface area contributed by atoms with Crippen molar-refractivity contribution in [1.82, 2.24) is 0 Å². The minimum Gasteiger partial charge on any atom is -0.497 e. The molecule has 1 atom stereocenters. The molecule has 0 bridgehead atoms. The zero-order chi connectivity index (χ0) is 15.0. The highest BCUT2D eigenvalue weighted by molar-refractivity contribution is 9.10. The van der Waals surface area contributed by atoms with E-state index in [1.54, 1.807) is 7.11 Å². The number of ether oxygens (including phenoxy) is 1. The second kappa shape index (κ2) is 5.54. The molecule has 0 saturated carbocycles. The van der Waals surface area contributed by atoms with Gasteiger partial charge < -0.3 is 14.9 Å². The molecule has 0 radical (unpaired) electrons. The molecule has 1 heterocycles. The highest BCUT2D eigenvalue weighted by Crippen LogP contribution is 2.33. The van der Waals surface area contributed by atoms with Crippen LogP contribution in [0.15, 0.2) is 51.4 Å². The molecule has 0 aliphatic rings. The summed E-state index contributed by atoms with van der Waals surface area (Å²) in [4.78, 5) is 0. The molecule has 0 aliphatic heterocycles. The molecular weight excluding hydrogens is 330 g/mol. The summed E-state index contributed by atoms with van der Waals surface area (Å²) in [6.45, 7) is 2.04. The Bertz CT molecular complexity index is 777. The number of methoxy groups -OCH3 is 1. The second-order valence-electron chi connectivity index (χ2n) is 4.98. The van der Waals surface area contributed by atoms with E-state index in [1.807, 2.05) is 49.4 Å². The van der Waals surface area contributed by atoms with Crippen molar-refractivity contribution in [2.75, 3.05) is 7.11 Å². The van der Waals surface area contributed by atoms with Crippen molar-refractivity contribution in [2.45, 2.75) is 13.0 Å². The molecule has 3 nitrogen and oxygen atoms in total. The number of furan rings is 1. The van der Waals surface area contributed by atoms with Crippen molar-refractivity contribution < 1.29 is 9.15 Å². The Morgan fingerprint density at radius 3 is 2.52 bits per heavy atom. The van der Waals surface area contributed by atoms with E-state index in [0.29, 0.717) is 0 Å². The van der Waals surface area contributed by atoms with E-state index in [-0.39, 0.29) is 6.04 Å². The van der Waals surface area contributed by atoms with Crippen LogP contribution < -0.4 is 10.5 Å². The third-order valence-corrected chi connectivity index (χ3v) is 4.19. The smallest absolute Gasteiger partial charge is 0.135 e. The summed E-state index contributed by atoms with van der Waals surface area (Å²) in [5.41, 5.74) is 9.29. The molecule has 3 rings (SSSR count). The van der Waals surface area contributed by atoms with E-state index in [0.717, 1.165) is 38.1 Å². The van der Waals surface area contributed by atoms with Crippen molar-refractivity contribution in [3.63, 3.8) is 0 Å². The van der Waals surface area contributed by atoms with E-state index in [4.69, 9.17) is 14.9 Å². The van der Waals surface area contributed by atoms with Gasteiger partial charge >= 0.3 is 0 Å². The van der Waals surface area contributed by atoms with Gasteiger partial charge in [0.1, 0.15) is 17.1 Å². The standard InChI is InChI=1S/C17H16BrNO2/c1-10-14-8-5-12(18)9-15(14)21-17(10)16(19)11-3-6-13(20-2)7-4-11/h3-9,16H,19H2,1-2H3. The second-order valence-corrected chi connectivity index (χ2v) is 5.90. The average molecular weight is 346 g/mol. The molecule has 0 amide bonds. The number of hydrogen-bond donors (Lipinski definition) is 1. The zero-order valence-electron chi connectivity index (χ0n) is 11.9. The van der Waals surface area contributed by atoms with E-state index < -0.39 is 0 Å². The summed E-state index contributed by atoms with van der Waals surface area (Å²) >= 11 is 3.46. The first-order valence-corrected chi connectivity index (χ1v) is 7.47. The molecule has 0 fully saturated rings. The van der Waals surface area contributed by atoms with Gasteiger partial charge in [-0.2, -0.15) is 0 Å². The Morgan fingerprint density at radius 1 is 1.14 bits per heavy atom. The Morgan fingerprint density at radius 2 is 1.86 bits per heavy atom. The lowest BCUT2D eigenvalue weighted by Gasteiger charge is -2.11. The van der Waals surface area contributed by atoms with Crippen LogP contribution in [0.2, 0.25) is 0 Å². The fraction of sp³-hybridized carbons (Fsp3) is 0.176. The van der Waals surface area contributed by atoms with Gasteiger partial charge in [-0.3, -0.25) is 0 Å². The summed E-state index contributed by atoms with van der Waals surface area (Å²) in [6.07, 6.45) is 0. The first-order chi connectivity index (χ1) is 10.1. The minimum atomic E-state index is -0.290. The van der Waals surface area contributed by atoms with Gasteiger partial charge in [-0.05, 0) is 42.8 Å². The maximum absolute atomic E-state index is 6.36. The molecule has 4 heteroatoms. The monoisotopic (exact) mass is 345 g/mol. The van der Waals surface area contributed by atoms with Crippen molar-refractivity contribution in [2.24, 2.45) is 5.73 Å². The predicted molar refractivity (Wildman–Crippen MR) is 87.7 cm³/mol. The number of halogens is 1. The molecule has 3 aromatic rings. The minimum absolute atomic E-state index is 0.290. The van der Waals surface area contributed by atoms with Gasteiger partial charge in [0.05, 0.1) is 13.2 Å². The van der Waals surface area contributed by atoms with Gasteiger partial charge in [-0.1, -0.05) is 28.1 Å². The normalized spacial score (nSPS) is 12.6. The van der Waals surface area contributed by atoms with Crippen LogP contribution in [0.25, 0.3) is 11.0 Å². The van der Waals surface area contributed by atoms with Crippen molar-refractivity contribution in [1.29, 1.82) is 0 Å². The highest BCUT2D eigenvalue weighted by Gasteiger charge is 2.18. The maximum atomic E-state index is 6.36. The molecule has 108 valence electrons. The SMILES string of the molecule is COc1ccc(C(N)c2oc3cc(Br)ccc3c2C)cc1. The fourth-order valence-corrected chi connectivity index (χ4v) is 2.82. The fourth-order valence-electron chi connectivity index (χ4n) is 2.48. The molecule has 21 heavy (non-hydrogen) atoms. The van der Waals surface area contributed by atoms with Gasteiger partial charge in [-0.15, -0.1) is 0 Å². The lowest BCUT2D eigenvalue weighted by Crippen LogP contribution is -2.11. The van der Waals surface area contributed by atoms with Gasteiger partial charge in [0.15, 0.2) is 0 Å². The molecule has 0 saturated heterocycles. The van der Waals surface area contributed by atoms with E-state index in [9.17, 15) is 0 Å². The van der Waals surface area contributed by atoms with Crippen LogP contribution in [0, 0.1) is 6.92 Å².